The van der Waals surface area contributed by atoms with Gasteiger partial charge in [0.2, 0.25) is 0 Å². The number of benzene rings is 2. The van der Waals surface area contributed by atoms with E-state index >= 15 is 0 Å². The molecule has 4 heteroatoms. The van der Waals surface area contributed by atoms with E-state index in [9.17, 15) is 0 Å². The van der Waals surface area contributed by atoms with Crippen molar-refractivity contribution in [3.8, 4) is 17.1 Å². The molecule has 0 spiro atoms. The maximum absolute atomic E-state index is 5.96. The summed E-state index contributed by atoms with van der Waals surface area (Å²) in [5, 5.41) is 1.05. The van der Waals surface area contributed by atoms with Crippen molar-refractivity contribution in [2.75, 3.05) is 14.2 Å². The molecule has 0 fully saturated rings. The highest BCUT2D eigenvalue weighted by molar-refractivity contribution is 9.10. The van der Waals surface area contributed by atoms with Crippen LogP contribution >= 0.6 is 15.9 Å². The summed E-state index contributed by atoms with van der Waals surface area (Å²) in [6.07, 6.45) is 0. The zero-order valence-electron chi connectivity index (χ0n) is 11.9. The molecule has 0 saturated carbocycles. The second-order valence-corrected chi connectivity index (χ2v) is 5.53. The lowest BCUT2D eigenvalue weighted by molar-refractivity contribution is 0.185. The molecule has 21 heavy (non-hydrogen) atoms. The number of hydrogen-bond acceptors (Lipinski definition) is 3. The molecule has 0 aliphatic rings. The Balaban J connectivity index is 2.07. The first kappa shape index (κ1) is 14.2. The van der Waals surface area contributed by atoms with E-state index in [0.717, 1.165) is 38.1 Å². The monoisotopic (exact) mass is 346 g/mol. The summed E-state index contributed by atoms with van der Waals surface area (Å²) in [5.74, 6) is 1.65. The van der Waals surface area contributed by atoms with Crippen molar-refractivity contribution >= 4 is 26.9 Å². The summed E-state index contributed by atoms with van der Waals surface area (Å²) in [5.41, 5.74) is 2.98. The summed E-state index contributed by atoms with van der Waals surface area (Å²) in [6.45, 7) is 0.589. The standard InChI is InChI=1S/C17H15BrO3/c1-19-10-11-3-8-15-14(9-11)16(18)17(21-15)12-4-6-13(20-2)7-5-12/h3-9H,10H2,1-2H3. The Morgan fingerprint density at radius 3 is 2.48 bits per heavy atom. The molecule has 3 nitrogen and oxygen atoms in total. The molecular formula is C17H15BrO3. The largest absolute Gasteiger partial charge is 0.497 e. The van der Waals surface area contributed by atoms with E-state index in [1.165, 1.54) is 0 Å². The highest BCUT2D eigenvalue weighted by Crippen LogP contribution is 2.38. The molecule has 0 saturated heterocycles. The van der Waals surface area contributed by atoms with Gasteiger partial charge in [0.25, 0.3) is 0 Å². The molecular weight excluding hydrogens is 332 g/mol. The van der Waals surface area contributed by atoms with E-state index < -0.39 is 0 Å². The average Bonchev–Trinajstić information content (AvgIpc) is 2.85. The smallest absolute Gasteiger partial charge is 0.149 e. The minimum atomic E-state index is 0.589. The van der Waals surface area contributed by atoms with Crippen LogP contribution in [0.25, 0.3) is 22.3 Å². The van der Waals surface area contributed by atoms with Crippen LogP contribution in [0.2, 0.25) is 0 Å². The zero-order chi connectivity index (χ0) is 14.8. The Hall–Kier alpha value is -1.78. The molecule has 0 atom stereocenters. The summed E-state index contributed by atoms with van der Waals surface area (Å²) in [4.78, 5) is 0. The van der Waals surface area contributed by atoms with Crippen molar-refractivity contribution in [1.29, 1.82) is 0 Å². The second-order valence-electron chi connectivity index (χ2n) is 4.74. The first-order valence-corrected chi connectivity index (χ1v) is 7.36. The van der Waals surface area contributed by atoms with Crippen molar-refractivity contribution < 1.29 is 13.9 Å². The van der Waals surface area contributed by atoms with Crippen LogP contribution in [0.3, 0.4) is 0 Å². The van der Waals surface area contributed by atoms with E-state index in [1.54, 1.807) is 14.2 Å². The first-order chi connectivity index (χ1) is 10.2. The molecule has 1 aromatic heterocycles. The van der Waals surface area contributed by atoms with E-state index in [2.05, 4.69) is 22.0 Å². The Morgan fingerprint density at radius 1 is 1.05 bits per heavy atom. The van der Waals surface area contributed by atoms with E-state index in [4.69, 9.17) is 13.9 Å². The number of fused-ring (bicyclic) bond motifs is 1. The summed E-state index contributed by atoms with van der Waals surface area (Å²) in [7, 11) is 3.35. The fraction of sp³-hybridized carbons (Fsp3) is 0.176. The number of furan rings is 1. The molecule has 0 aliphatic carbocycles. The van der Waals surface area contributed by atoms with Crippen LogP contribution < -0.4 is 4.74 Å². The third-order valence-corrected chi connectivity index (χ3v) is 4.14. The Labute approximate surface area is 131 Å². The molecule has 2 aromatic carbocycles. The predicted octanol–water partition coefficient (Wildman–Crippen LogP) is 5.02. The van der Waals surface area contributed by atoms with Crippen LogP contribution in [-0.2, 0) is 11.3 Å². The number of hydrogen-bond donors (Lipinski definition) is 0. The highest BCUT2D eigenvalue weighted by atomic mass is 79.9. The lowest BCUT2D eigenvalue weighted by Gasteiger charge is -2.01. The van der Waals surface area contributed by atoms with E-state index in [1.807, 2.05) is 36.4 Å². The van der Waals surface area contributed by atoms with Crippen LogP contribution in [0.15, 0.2) is 51.4 Å². The van der Waals surface area contributed by atoms with Crippen LogP contribution in [0.4, 0.5) is 0 Å². The minimum Gasteiger partial charge on any atom is -0.497 e. The fourth-order valence-corrected chi connectivity index (χ4v) is 2.92. The number of halogens is 1. The summed E-state index contributed by atoms with van der Waals surface area (Å²) in [6, 6.07) is 13.9. The van der Waals surface area contributed by atoms with E-state index in [0.29, 0.717) is 6.61 Å². The summed E-state index contributed by atoms with van der Waals surface area (Å²) < 4.78 is 17.3. The maximum atomic E-state index is 5.96. The molecule has 0 aliphatic heterocycles. The van der Waals surface area contributed by atoms with Crippen LogP contribution in [0.5, 0.6) is 5.75 Å². The Morgan fingerprint density at radius 2 is 1.81 bits per heavy atom. The highest BCUT2D eigenvalue weighted by Gasteiger charge is 2.14. The van der Waals surface area contributed by atoms with Crippen molar-refractivity contribution in [2.24, 2.45) is 0 Å². The minimum absolute atomic E-state index is 0.589. The Kier molecular flexibility index (Phi) is 3.99. The van der Waals surface area contributed by atoms with Crippen LogP contribution in [0, 0.1) is 0 Å². The average molecular weight is 347 g/mol. The number of ether oxygens (including phenoxy) is 2. The van der Waals surface area contributed by atoms with Crippen molar-refractivity contribution in [3.05, 3.63) is 52.5 Å². The molecule has 0 N–H and O–H groups in total. The van der Waals surface area contributed by atoms with Crippen LogP contribution in [0.1, 0.15) is 5.56 Å². The zero-order valence-corrected chi connectivity index (χ0v) is 13.4. The third-order valence-electron chi connectivity index (χ3n) is 3.36. The quantitative estimate of drug-likeness (QED) is 0.664. The van der Waals surface area contributed by atoms with Gasteiger partial charge in [-0.2, -0.15) is 0 Å². The number of methoxy groups -OCH3 is 2. The Bertz CT molecular complexity index is 760. The molecule has 0 radical (unpaired) electrons. The van der Waals surface area contributed by atoms with Gasteiger partial charge in [-0.1, -0.05) is 6.07 Å². The van der Waals surface area contributed by atoms with Crippen LogP contribution in [-0.4, -0.2) is 14.2 Å². The normalized spacial score (nSPS) is 11.0. The second kappa shape index (κ2) is 5.92. The van der Waals surface area contributed by atoms with Gasteiger partial charge in [-0.15, -0.1) is 0 Å². The first-order valence-electron chi connectivity index (χ1n) is 6.57. The van der Waals surface area contributed by atoms with Crippen molar-refractivity contribution in [3.63, 3.8) is 0 Å². The van der Waals surface area contributed by atoms with Gasteiger partial charge in [0.15, 0.2) is 0 Å². The van der Waals surface area contributed by atoms with Gasteiger partial charge >= 0.3 is 0 Å². The lowest BCUT2D eigenvalue weighted by Crippen LogP contribution is -1.85. The molecule has 108 valence electrons. The van der Waals surface area contributed by atoms with Gasteiger partial charge < -0.3 is 13.9 Å². The molecule has 3 rings (SSSR count). The molecule has 1 heterocycles. The fourth-order valence-electron chi connectivity index (χ4n) is 2.30. The number of rotatable bonds is 4. The van der Waals surface area contributed by atoms with Gasteiger partial charge in [0.1, 0.15) is 17.1 Å². The maximum Gasteiger partial charge on any atom is 0.149 e. The predicted molar refractivity (Wildman–Crippen MR) is 86.6 cm³/mol. The third kappa shape index (κ3) is 2.69. The van der Waals surface area contributed by atoms with Gasteiger partial charge in [-0.3, -0.25) is 0 Å². The molecule has 0 unspecified atom stereocenters. The van der Waals surface area contributed by atoms with Crippen molar-refractivity contribution in [2.45, 2.75) is 6.61 Å². The molecule has 3 aromatic rings. The molecule has 0 bridgehead atoms. The lowest BCUT2D eigenvalue weighted by atomic mass is 10.1. The van der Waals surface area contributed by atoms with Gasteiger partial charge in [0, 0.05) is 18.1 Å². The van der Waals surface area contributed by atoms with Crippen molar-refractivity contribution in [1.82, 2.24) is 0 Å². The SMILES string of the molecule is COCc1ccc2oc(-c3ccc(OC)cc3)c(Br)c2c1. The van der Waals surface area contributed by atoms with Gasteiger partial charge in [-0.25, -0.2) is 0 Å². The van der Waals surface area contributed by atoms with Gasteiger partial charge in [0.05, 0.1) is 18.2 Å². The van der Waals surface area contributed by atoms with Gasteiger partial charge in [-0.05, 0) is 57.9 Å². The molecule has 0 amide bonds. The van der Waals surface area contributed by atoms with E-state index in [-0.39, 0.29) is 0 Å². The summed E-state index contributed by atoms with van der Waals surface area (Å²) >= 11 is 3.64. The topological polar surface area (TPSA) is 31.6 Å².